The lowest BCUT2D eigenvalue weighted by atomic mass is 9.71. The van der Waals surface area contributed by atoms with Crippen LogP contribution in [0.1, 0.15) is 83.8 Å². The van der Waals surface area contributed by atoms with Gasteiger partial charge in [0.15, 0.2) is 0 Å². The third kappa shape index (κ3) is 6.79. The van der Waals surface area contributed by atoms with E-state index in [0.29, 0.717) is 12.8 Å². The Morgan fingerprint density at radius 3 is 2.60 bits per heavy atom. The van der Waals surface area contributed by atoms with E-state index in [1.165, 1.54) is 0 Å². The number of epoxide rings is 1. The second kappa shape index (κ2) is 11.2. The molecule has 2 fully saturated rings. The fourth-order valence-corrected chi connectivity index (χ4v) is 5.62. The molecule has 3 rings (SSSR count). The molecular weight excluding hydrogens is 466 g/mol. The Hall–Kier alpha value is -1.61. The molecule has 0 saturated carbocycles. The number of hydrogen-bond acceptors (Lipinski definition) is 8. The summed E-state index contributed by atoms with van der Waals surface area (Å²) in [4.78, 5) is 30.7. The number of carbonyl (C=O) groups excluding carboxylic acids is 2. The number of rotatable bonds is 3. The van der Waals surface area contributed by atoms with Crippen molar-refractivity contribution in [3.8, 4) is 0 Å². The second-order valence-corrected chi connectivity index (χ2v) is 12.1. The number of cyclic esters (lactones) is 1. The Kier molecular flexibility index (Phi) is 8.95. The minimum absolute atomic E-state index is 0.0402. The highest BCUT2D eigenvalue weighted by Crippen LogP contribution is 2.44. The van der Waals surface area contributed by atoms with Gasteiger partial charge in [-0.3, -0.25) is 9.59 Å². The highest BCUT2D eigenvalue weighted by Gasteiger charge is 2.52. The van der Waals surface area contributed by atoms with Crippen molar-refractivity contribution in [3.05, 3.63) is 22.2 Å². The van der Waals surface area contributed by atoms with Gasteiger partial charge in [0.1, 0.15) is 11.9 Å². The first kappa shape index (κ1) is 28.0. The standard InChI is InChI=1S/C27H41NO6S/c1-7-20-24(31)16(2)9-8-12-27(6)22(34-27)13-19(11-10-18-15-35-17(3)28-18)33-23(30)14-21(29)26(4,5)25(20)32/h10-11,15-16,19-22,24,29,31H,7-9,12-14H2,1-6H3/b11-10+/t16-,19-,20-,21-,22?,24+,27-/m0/s1. The predicted octanol–water partition coefficient (Wildman–Crippen LogP) is 4.48. The Bertz CT molecular complexity index is 927. The monoisotopic (exact) mass is 507 g/mol. The van der Waals surface area contributed by atoms with Gasteiger partial charge in [0.2, 0.25) is 0 Å². The lowest BCUT2D eigenvalue weighted by Gasteiger charge is -2.35. The molecule has 7 nitrogen and oxygen atoms in total. The van der Waals surface area contributed by atoms with Crippen LogP contribution in [0.5, 0.6) is 0 Å². The summed E-state index contributed by atoms with van der Waals surface area (Å²) in [6.45, 7) is 11.1. The number of aliphatic hydroxyl groups is 2. The van der Waals surface area contributed by atoms with Gasteiger partial charge >= 0.3 is 5.97 Å². The van der Waals surface area contributed by atoms with Crippen LogP contribution in [0.25, 0.3) is 6.08 Å². The van der Waals surface area contributed by atoms with Crippen LogP contribution in [0.15, 0.2) is 11.5 Å². The van der Waals surface area contributed by atoms with E-state index < -0.39 is 35.6 Å². The molecule has 8 heteroatoms. The summed E-state index contributed by atoms with van der Waals surface area (Å²) in [5, 5.41) is 24.8. The van der Waals surface area contributed by atoms with Crippen molar-refractivity contribution in [1.29, 1.82) is 0 Å². The molecule has 0 aromatic carbocycles. The molecule has 3 heterocycles. The van der Waals surface area contributed by atoms with E-state index in [9.17, 15) is 19.8 Å². The number of aliphatic hydroxyl groups excluding tert-OH is 2. The molecule has 0 spiro atoms. The molecule has 2 saturated heterocycles. The minimum atomic E-state index is -1.22. The number of ether oxygens (including phenoxy) is 2. The van der Waals surface area contributed by atoms with E-state index in [1.54, 1.807) is 25.2 Å². The molecule has 0 aliphatic carbocycles. The van der Waals surface area contributed by atoms with Gasteiger partial charge in [0, 0.05) is 17.7 Å². The number of aromatic nitrogens is 1. The normalized spacial score (nSPS) is 37.1. The number of Topliss-reactive ketones (excluding diaryl/α,β-unsaturated/α-hetero) is 1. The third-order valence-corrected chi connectivity index (χ3v) is 8.61. The summed E-state index contributed by atoms with van der Waals surface area (Å²) in [5.41, 5.74) is -0.682. The summed E-state index contributed by atoms with van der Waals surface area (Å²) in [5.74, 6) is -1.46. The number of hydrogen-bond donors (Lipinski definition) is 2. The molecule has 35 heavy (non-hydrogen) atoms. The van der Waals surface area contributed by atoms with Crippen LogP contribution >= 0.6 is 11.3 Å². The zero-order chi connectivity index (χ0) is 26.0. The molecule has 196 valence electrons. The summed E-state index contributed by atoms with van der Waals surface area (Å²) >= 11 is 1.55. The Labute approximate surface area is 212 Å². The number of fused-ring (bicyclic) bond motifs is 1. The van der Waals surface area contributed by atoms with Crippen molar-refractivity contribution in [1.82, 2.24) is 4.98 Å². The SMILES string of the molecule is CC[C@@H]1C(=O)C(C)(C)[C@@H](O)CC(=O)O[C@@H](/C=C/c2csc(C)n2)CC2O[C@@]2(C)CCC[C@H](C)[C@H]1O. The molecule has 2 aliphatic rings. The molecule has 7 atom stereocenters. The first-order valence-corrected chi connectivity index (χ1v) is 13.6. The number of thiazole rings is 1. The Morgan fingerprint density at radius 2 is 1.97 bits per heavy atom. The van der Waals surface area contributed by atoms with Crippen LogP contribution in [0.4, 0.5) is 0 Å². The minimum Gasteiger partial charge on any atom is -0.458 e. The summed E-state index contributed by atoms with van der Waals surface area (Å²) in [6.07, 6.45) is 4.23. The van der Waals surface area contributed by atoms with Crippen molar-refractivity contribution < 1.29 is 29.3 Å². The maximum atomic E-state index is 13.4. The second-order valence-electron chi connectivity index (χ2n) is 11.0. The van der Waals surface area contributed by atoms with Crippen molar-refractivity contribution in [2.24, 2.45) is 17.3 Å². The van der Waals surface area contributed by atoms with Gasteiger partial charge in [-0.05, 0) is 51.2 Å². The zero-order valence-corrected chi connectivity index (χ0v) is 22.6. The third-order valence-electron chi connectivity index (χ3n) is 7.82. The molecule has 1 unspecified atom stereocenters. The summed E-state index contributed by atoms with van der Waals surface area (Å²) in [6, 6.07) is 0. The highest BCUT2D eigenvalue weighted by atomic mass is 32.1. The van der Waals surface area contributed by atoms with Crippen LogP contribution in [-0.4, -0.2) is 57.0 Å². The first-order valence-electron chi connectivity index (χ1n) is 12.8. The molecule has 1 aromatic rings. The quantitative estimate of drug-likeness (QED) is 0.459. The van der Waals surface area contributed by atoms with Gasteiger partial charge < -0.3 is 19.7 Å². The van der Waals surface area contributed by atoms with E-state index in [1.807, 2.05) is 38.3 Å². The van der Waals surface area contributed by atoms with Crippen LogP contribution in [-0.2, 0) is 19.1 Å². The highest BCUT2D eigenvalue weighted by molar-refractivity contribution is 7.09. The Balaban J connectivity index is 1.83. The topological polar surface area (TPSA) is 109 Å². The van der Waals surface area contributed by atoms with Gasteiger partial charge in [-0.15, -0.1) is 11.3 Å². The van der Waals surface area contributed by atoms with Crippen molar-refractivity contribution in [2.75, 3.05) is 0 Å². The maximum absolute atomic E-state index is 13.4. The van der Waals surface area contributed by atoms with E-state index in [0.717, 1.165) is 30.0 Å². The van der Waals surface area contributed by atoms with E-state index in [-0.39, 0.29) is 29.8 Å². The van der Waals surface area contributed by atoms with Crippen LogP contribution in [0.2, 0.25) is 0 Å². The molecule has 2 N–H and O–H groups in total. The number of nitrogens with zero attached hydrogens (tertiary/aromatic N) is 1. The molecule has 0 bridgehead atoms. The van der Waals surface area contributed by atoms with Crippen LogP contribution < -0.4 is 0 Å². The summed E-state index contributed by atoms with van der Waals surface area (Å²) < 4.78 is 11.8. The number of ketones is 1. The first-order chi connectivity index (χ1) is 16.4. The van der Waals surface area contributed by atoms with Gasteiger partial charge in [-0.25, -0.2) is 4.98 Å². The van der Waals surface area contributed by atoms with E-state index in [2.05, 4.69) is 11.9 Å². The number of carbonyl (C=O) groups is 2. The van der Waals surface area contributed by atoms with Crippen LogP contribution in [0.3, 0.4) is 0 Å². The lowest BCUT2D eigenvalue weighted by Crippen LogP contribution is -2.46. The average Bonchev–Trinajstić information content (AvgIpc) is 3.21. The van der Waals surface area contributed by atoms with Gasteiger partial charge in [-0.2, -0.15) is 0 Å². The van der Waals surface area contributed by atoms with Gasteiger partial charge in [-0.1, -0.05) is 34.1 Å². The van der Waals surface area contributed by atoms with Crippen molar-refractivity contribution in [3.63, 3.8) is 0 Å². The number of esters is 1. The average molecular weight is 508 g/mol. The predicted molar refractivity (Wildman–Crippen MR) is 136 cm³/mol. The van der Waals surface area contributed by atoms with Crippen molar-refractivity contribution in [2.45, 2.75) is 110 Å². The summed E-state index contributed by atoms with van der Waals surface area (Å²) in [7, 11) is 0. The molecular formula is C27H41NO6S. The number of aryl methyl sites for hydroxylation is 1. The fourth-order valence-electron chi connectivity index (χ4n) is 5.04. The van der Waals surface area contributed by atoms with Crippen LogP contribution in [0, 0.1) is 24.2 Å². The smallest absolute Gasteiger partial charge is 0.309 e. The largest absolute Gasteiger partial charge is 0.458 e. The fraction of sp³-hybridized carbons (Fsp3) is 0.741. The molecule has 1 aromatic heterocycles. The zero-order valence-electron chi connectivity index (χ0n) is 21.8. The maximum Gasteiger partial charge on any atom is 0.309 e. The Morgan fingerprint density at radius 1 is 1.26 bits per heavy atom. The molecule has 2 aliphatic heterocycles. The van der Waals surface area contributed by atoms with Crippen molar-refractivity contribution >= 4 is 29.2 Å². The lowest BCUT2D eigenvalue weighted by molar-refractivity contribution is -0.154. The van der Waals surface area contributed by atoms with E-state index >= 15 is 0 Å². The molecule has 0 radical (unpaired) electrons. The van der Waals surface area contributed by atoms with Gasteiger partial charge in [0.25, 0.3) is 0 Å². The molecule has 0 amide bonds. The van der Waals surface area contributed by atoms with Gasteiger partial charge in [0.05, 0.1) is 46.5 Å². The van der Waals surface area contributed by atoms with E-state index in [4.69, 9.17) is 9.47 Å².